The van der Waals surface area contributed by atoms with Crippen LogP contribution in [0, 0.1) is 0 Å². The second-order valence-corrected chi connectivity index (χ2v) is 5.15. The van der Waals surface area contributed by atoms with E-state index in [1.165, 1.54) is 6.92 Å². The summed E-state index contributed by atoms with van der Waals surface area (Å²) in [5, 5.41) is 1.44. The number of ether oxygens (including phenoxy) is 1. The maximum absolute atomic E-state index is 11.4. The number of rotatable bonds is 2. The van der Waals surface area contributed by atoms with Crippen LogP contribution in [0.15, 0.2) is 41.3 Å². The first-order chi connectivity index (χ1) is 9.09. The molecule has 2 aromatic carbocycles. The third kappa shape index (κ3) is 3.78. The van der Waals surface area contributed by atoms with Gasteiger partial charge in [0.2, 0.25) is 0 Å². The van der Waals surface area contributed by atoms with Crippen LogP contribution in [0.2, 0.25) is 0 Å². The molecule has 0 spiro atoms. The fourth-order valence-corrected chi connectivity index (χ4v) is 2.56. The highest BCUT2D eigenvalue weighted by Gasteiger charge is 2.11. The van der Waals surface area contributed by atoms with Crippen LogP contribution in [0.4, 0.5) is 0 Å². The van der Waals surface area contributed by atoms with Gasteiger partial charge in [-0.15, -0.1) is 0 Å². The van der Waals surface area contributed by atoms with E-state index in [0.717, 1.165) is 5.39 Å². The number of hydrogen-bond acceptors (Lipinski definition) is 3. The van der Waals surface area contributed by atoms with Gasteiger partial charge in [-0.1, -0.05) is 38.1 Å². The van der Waals surface area contributed by atoms with E-state index >= 15 is 0 Å². The van der Waals surface area contributed by atoms with E-state index in [4.69, 9.17) is 15.4 Å². The Kier molecular flexibility index (Phi) is 5.99. The molecule has 0 heterocycles. The Morgan fingerprint density at radius 2 is 1.68 bits per heavy atom. The molecule has 0 aliphatic rings. The predicted octanol–water partition coefficient (Wildman–Crippen LogP) is 4.05. The van der Waals surface area contributed by atoms with Gasteiger partial charge in [0, 0.05) is 17.7 Å². The number of esters is 1. The Morgan fingerprint density at radius 3 is 2.21 bits per heavy atom. The molecule has 19 heavy (non-hydrogen) atoms. The van der Waals surface area contributed by atoms with Crippen molar-refractivity contribution in [3.05, 3.63) is 36.4 Å². The standard InChI is InChI=1S/C12H9ClO3S.C2H6/c1-8(14)16-11-6-7-12(17(13)15)10-5-3-2-4-9(10)11;1-2/h2-7H,1H3;1-2H3. The second-order valence-electron chi connectivity index (χ2n) is 3.42. The van der Waals surface area contributed by atoms with Crippen molar-refractivity contribution in [1.82, 2.24) is 0 Å². The van der Waals surface area contributed by atoms with Crippen molar-refractivity contribution in [3.8, 4) is 5.75 Å². The Balaban J connectivity index is 0.000000861. The van der Waals surface area contributed by atoms with Crippen LogP contribution in [-0.4, -0.2) is 10.2 Å². The third-order valence-electron chi connectivity index (χ3n) is 2.27. The van der Waals surface area contributed by atoms with Gasteiger partial charge in [-0.25, -0.2) is 4.21 Å². The summed E-state index contributed by atoms with van der Waals surface area (Å²) in [6, 6.07) is 10.4. The van der Waals surface area contributed by atoms with Gasteiger partial charge >= 0.3 is 5.97 Å². The molecule has 0 aliphatic heterocycles. The molecule has 0 amide bonds. The smallest absolute Gasteiger partial charge is 0.308 e. The molecule has 102 valence electrons. The summed E-state index contributed by atoms with van der Waals surface area (Å²) >= 11 is 0. The summed E-state index contributed by atoms with van der Waals surface area (Å²) in [6.45, 7) is 5.34. The van der Waals surface area contributed by atoms with E-state index < -0.39 is 16.0 Å². The zero-order chi connectivity index (χ0) is 14.4. The molecule has 0 saturated carbocycles. The summed E-state index contributed by atoms with van der Waals surface area (Å²) in [5.41, 5.74) is 0. The number of carbonyl (C=O) groups is 1. The monoisotopic (exact) mass is 298 g/mol. The first kappa shape index (κ1) is 15.7. The van der Waals surface area contributed by atoms with Crippen molar-refractivity contribution < 1.29 is 13.7 Å². The fourth-order valence-electron chi connectivity index (χ4n) is 1.63. The third-order valence-corrected chi connectivity index (χ3v) is 3.47. The number of hydrogen-bond donors (Lipinski definition) is 0. The molecule has 1 atom stereocenters. The predicted molar refractivity (Wildman–Crippen MR) is 78.9 cm³/mol. The summed E-state index contributed by atoms with van der Waals surface area (Å²) in [4.78, 5) is 11.5. The molecule has 0 aromatic heterocycles. The number of carbonyl (C=O) groups excluding carboxylic acids is 1. The highest BCUT2D eigenvalue weighted by molar-refractivity contribution is 8.08. The molecule has 3 nitrogen and oxygen atoms in total. The van der Waals surface area contributed by atoms with Crippen molar-refractivity contribution in [3.63, 3.8) is 0 Å². The summed E-state index contributed by atoms with van der Waals surface area (Å²) < 4.78 is 16.4. The highest BCUT2D eigenvalue weighted by atomic mass is 35.7. The minimum atomic E-state index is -1.59. The molecule has 0 saturated heterocycles. The number of benzene rings is 2. The van der Waals surface area contributed by atoms with Gasteiger partial charge in [-0.3, -0.25) is 4.79 Å². The molecule has 0 N–H and O–H groups in total. The number of fused-ring (bicyclic) bond motifs is 1. The Hall–Kier alpha value is -1.39. The molecule has 0 aliphatic carbocycles. The molecule has 2 aromatic rings. The fraction of sp³-hybridized carbons (Fsp3) is 0.214. The van der Waals surface area contributed by atoms with Gasteiger partial charge in [-0.05, 0) is 22.8 Å². The van der Waals surface area contributed by atoms with Crippen LogP contribution in [0.5, 0.6) is 5.75 Å². The first-order valence-electron chi connectivity index (χ1n) is 5.88. The summed E-state index contributed by atoms with van der Waals surface area (Å²) in [5.74, 6) is 0.0499. The molecule has 2 rings (SSSR count). The normalized spacial score (nSPS) is 11.4. The molecule has 5 heteroatoms. The Labute approximate surface area is 119 Å². The van der Waals surface area contributed by atoms with Crippen LogP contribution in [0.1, 0.15) is 20.8 Å². The number of halogens is 1. The van der Waals surface area contributed by atoms with Crippen molar-refractivity contribution in [2.45, 2.75) is 25.7 Å². The minimum Gasteiger partial charge on any atom is -0.426 e. The Morgan fingerprint density at radius 1 is 1.11 bits per heavy atom. The largest absolute Gasteiger partial charge is 0.426 e. The molecular weight excluding hydrogens is 284 g/mol. The zero-order valence-corrected chi connectivity index (χ0v) is 12.5. The van der Waals surface area contributed by atoms with E-state index in [1.807, 2.05) is 26.0 Å². The lowest BCUT2D eigenvalue weighted by Crippen LogP contribution is -2.02. The van der Waals surface area contributed by atoms with Gasteiger partial charge in [0.05, 0.1) is 4.90 Å². The maximum atomic E-state index is 11.4. The van der Waals surface area contributed by atoms with Crippen molar-refractivity contribution in [1.29, 1.82) is 0 Å². The molecule has 0 bridgehead atoms. The quantitative estimate of drug-likeness (QED) is 0.477. The van der Waals surface area contributed by atoms with Gasteiger partial charge in [0.1, 0.15) is 15.8 Å². The zero-order valence-electron chi connectivity index (χ0n) is 11.0. The van der Waals surface area contributed by atoms with Crippen molar-refractivity contribution in [2.24, 2.45) is 0 Å². The van der Waals surface area contributed by atoms with Crippen molar-refractivity contribution >= 4 is 37.4 Å². The lowest BCUT2D eigenvalue weighted by molar-refractivity contribution is -0.131. The van der Waals surface area contributed by atoms with E-state index in [-0.39, 0.29) is 0 Å². The highest BCUT2D eigenvalue weighted by Crippen LogP contribution is 2.31. The molecule has 1 unspecified atom stereocenters. The van der Waals surface area contributed by atoms with E-state index in [1.54, 1.807) is 24.3 Å². The lowest BCUT2D eigenvalue weighted by Gasteiger charge is -2.08. The topological polar surface area (TPSA) is 43.4 Å². The molecule has 0 fully saturated rings. The summed E-state index contributed by atoms with van der Waals surface area (Å²) in [7, 11) is 4.01. The lowest BCUT2D eigenvalue weighted by atomic mass is 10.1. The first-order valence-corrected chi connectivity index (χ1v) is 7.85. The van der Waals surface area contributed by atoms with Gasteiger partial charge in [0.25, 0.3) is 0 Å². The van der Waals surface area contributed by atoms with Crippen LogP contribution < -0.4 is 4.74 Å². The van der Waals surface area contributed by atoms with E-state index in [2.05, 4.69) is 0 Å². The maximum Gasteiger partial charge on any atom is 0.308 e. The summed E-state index contributed by atoms with van der Waals surface area (Å²) in [6.07, 6.45) is 0. The van der Waals surface area contributed by atoms with Gasteiger partial charge in [0.15, 0.2) is 0 Å². The van der Waals surface area contributed by atoms with E-state index in [9.17, 15) is 9.00 Å². The minimum absolute atomic E-state index is 0.394. The van der Waals surface area contributed by atoms with Crippen LogP contribution in [-0.2, 0) is 14.8 Å². The Bertz CT molecular complexity index is 611. The average Bonchev–Trinajstić information content (AvgIpc) is 2.40. The van der Waals surface area contributed by atoms with Crippen LogP contribution >= 0.6 is 10.7 Å². The van der Waals surface area contributed by atoms with E-state index in [0.29, 0.717) is 16.0 Å². The van der Waals surface area contributed by atoms with Gasteiger partial charge < -0.3 is 4.74 Å². The van der Waals surface area contributed by atoms with Crippen LogP contribution in [0.25, 0.3) is 10.8 Å². The second kappa shape index (κ2) is 7.26. The average molecular weight is 299 g/mol. The van der Waals surface area contributed by atoms with Gasteiger partial charge in [-0.2, -0.15) is 0 Å². The molecule has 0 radical (unpaired) electrons. The van der Waals surface area contributed by atoms with Crippen LogP contribution in [0.3, 0.4) is 0 Å². The van der Waals surface area contributed by atoms with Crippen molar-refractivity contribution in [2.75, 3.05) is 0 Å². The molecular formula is C14H15ClO3S. The SMILES string of the molecule is CC.CC(=O)Oc1ccc(S(=O)Cl)c2ccccc12.